The molecule has 0 radical (unpaired) electrons. The van der Waals surface area contributed by atoms with Gasteiger partial charge in [0.05, 0.1) is 19.2 Å². The molecule has 3 aromatic rings. The number of amides is 1. The Hall–Kier alpha value is -3.69. The summed E-state index contributed by atoms with van der Waals surface area (Å²) in [7, 11) is 1.59. The van der Waals surface area contributed by atoms with Crippen molar-refractivity contribution in [2.24, 2.45) is 0 Å². The number of methoxy groups -OCH3 is 1. The van der Waals surface area contributed by atoms with Gasteiger partial charge in [-0.15, -0.1) is 0 Å². The summed E-state index contributed by atoms with van der Waals surface area (Å²) < 4.78 is 15.8. The molecule has 1 fully saturated rings. The van der Waals surface area contributed by atoms with Crippen molar-refractivity contribution in [3.8, 4) is 17.1 Å². The Bertz CT molecular complexity index is 1020. The zero-order valence-corrected chi connectivity index (χ0v) is 18.7. The molecule has 10 nitrogen and oxygen atoms in total. The number of carbonyl (C=O) groups excluding carboxylic acids is 1. The topological polar surface area (TPSA) is 116 Å². The van der Waals surface area contributed by atoms with Crippen molar-refractivity contribution in [1.29, 1.82) is 0 Å². The molecule has 170 valence electrons. The molecule has 3 heterocycles. The minimum Gasteiger partial charge on any atom is -0.496 e. The molecular weight excluding hydrogens is 412 g/mol. The van der Waals surface area contributed by atoms with E-state index in [4.69, 9.17) is 14.0 Å². The monoisotopic (exact) mass is 440 g/mol. The van der Waals surface area contributed by atoms with Gasteiger partial charge in [-0.2, -0.15) is 9.97 Å². The molecule has 1 aliphatic heterocycles. The van der Waals surface area contributed by atoms with E-state index in [2.05, 4.69) is 39.3 Å². The number of cyclic esters (lactones) is 1. The van der Waals surface area contributed by atoms with Gasteiger partial charge in [0.2, 0.25) is 17.7 Å². The lowest BCUT2D eigenvalue weighted by atomic mass is 10.2. The van der Waals surface area contributed by atoms with Gasteiger partial charge in [0.25, 0.3) is 0 Å². The lowest BCUT2D eigenvalue weighted by molar-refractivity contribution is 0.181. The summed E-state index contributed by atoms with van der Waals surface area (Å²) in [6, 6.07) is 8.82. The van der Waals surface area contributed by atoms with E-state index < -0.39 is 6.09 Å². The molecule has 0 aliphatic carbocycles. The number of nitrogens with one attached hydrogen (secondary N) is 1. The molecule has 1 unspecified atom stereocenters. The molecule has 1 aromatic carbocycles. The maximum Gasteiger partial charge on any atom is 0.415 e. The minimum atomic E-state index is -0.417. The van der Waals surface area contributed by atoms with Crippen molar-refractivity contribution in [2.75, 3.05) is 30.5 Å². The predicted molar refractivity (Wildman–Crippen MR) is 120 cm³/mol. The summed E-state index contributed by atoms with van der Waals surface area (Å²) in [6.07, 6.45) is 3.07. The van der Waals surface area contributed by atoms with Crippen LogP contribution in [0.1, 0.15) is 45.5 Å². The number of hydrogen-bond donors (Lipinski definition) is 1. The van der Waals surface area contributed by atoms with Gasteiger partial charge in [-0.05, 0) is 24.6 Å². The lowest BCUT2D eigenvalue weighted by Crippen LogP contribution is -2.25. The van der Waals surface area contributed by atoms with Gasteiger partial charge in [-0.1, -0.05) is 44.5 Å². The molecule has 1 aliphatic rings. The standard InChI is InChI=1S/C19H20N6O4.C3H8/c1-3-13(17-23-16(24-29-17)12-6-4-5-7-14(12)27-2)21-18-20-9-8-15(22-18)25-10-11-28-19(25)26;1-3-2/h4-9,13H,3,10-11H2,1-2H3,(H,20,21,22);3H2,1-2H3. The van der Waals surface area contributed by atoms with E-state index in [0.717, 1.165) is 5.56 Å². The fraction of sp³-hybridized carbons (Fsp3) is 0.409. The van der Waals surface area contributed by atoms with Gasteiger partial charge in [0, 0.05) is 6.20 Å². The third kappa shape index (κ3) is 5.32. The highest BCUT2D eigenvalue weighted by Crippen LogP contribution is 2.29. The molecule has 1 amide bonds. The molecule has 1 saturated heterocycles. The van der Waals surface area contributed by atoms with Crippen LogP contribution in [-0.2, 0) is 4.74 Å². The third-order valence-electron chi connectivity index (χ3n) is 4.48. The van der Waals surface area contributed by atoms with Crippen molar-refractivity contribution in [3.05, 3.63) is 42.4 Å². The number of ether oxygens (including phenoxy) is 2. The second kappa shape index (κ2) is 11.1. The van der Waals surface area contributed by atoms with E-state index in [1.54, 1.807) is 19.4 Å². The molecule has 0 spiro atoms. The highest BCUT2D eigenvalue weighted by molar-refractivity contribution is 5.88. The molecule has 1 N–H and O–H groups in total. The van der Waals surface area contributed by atoms with Crippen LogP contribution >= 0.6 is 0 Å². The number of aromatic nitrogens is 4. The highest BCUT2D eigenvalue weighted by atomic mass is 16.6. The van der Waals surface area contributed by atoms with Crippen LogP contribution in [0, 0.1) is 0 Å². The van der Waals surface area contributed by atoms with Crippen molar-refractivity contribution < 1.29 is 18.8 Å². The number of benzene rings is 1. The van der Waals surface area contributed by atoms with Gasteiger partial charge < -0.3 is 19.3 Å². The molecule has 32 heavy (non-hydrogen) atoms. The summed E-state index contributed by atoms with van der Waals surface area (Å²) in [4.78, 5) is 26.4. The van der Waals surface area contributed by atoms with Crippen molar-refractivity contribution in [1.82, 2.24) is 20.1 Å². The molecular formula is C22H28N6O4. The Kier molecular flexibility index (Phi) is 7.96. The first kappa shape index (κ1) is 23.0. The van der Waals surface area contributed by atoms with E-state index in [1.165, 1.54) is 11.3 Å². The van der Waals surface area contributed by atoms with Crippen molar-refractivity contribution in [2.45, 2.75) is 39.7 Å². The summed E-state index contributed by atoms with van der Waals surface area (Å²) in [6.45, 7) is 7.03. The summed E-state index contributed by atoms with van der Waals surface area (Å²) >= 11 is 0. The largest absolute Gasteiger partial charge is 0.496 e. The normalized spacial score (nSPS) is 13.8. The fourth-order valence-corrected chi connectivity index (χ4v) is 2.98. The van der Waals surface area contributed by atoms with Gasteiger partial charge in [0.15, 0.2) is 0 Å². The number of rotatable bonds is 7. The zero-order valence-electron chi connectivity index (χ0n) is 18.7. The second-order valence-corrected chi connectivity index (χ2v) is 6.97. The summed E-state index contributed by atoms with van der Waals surface area (Å²) in [5.74, 6) is 2.33. The SMILES string of the molecule is CCC.CCC(Nc1nccc(N2CCOC2=O)n1)c1nc(-c2ccccc2OC)no1. The van der Waals surface area contributed by atoms with Crippen LogP contribution < -0.4 is 15.0 Å². The minimum absolute atomic E-state index is 0.299. The number of anilines is 2. The average molecular weight is 441 g/mol. The lowest BCUT2D eigenvalue weighted by Gasteiger charge is -2.15. The van der Waals surface area contributed by atoms with Crippen LogP contribution in [0.25, 0.3) is 11.4 Å². The van der Waals surface area contributed by atoms with Crippen LogP contribution in [0.4, 0.5) is 16.6 Å². The fourth-order valence-electron chi connectivity index (χ4n) is 2.98. The summed E-state index contributed by atoms with van der Waals surface area (Å²) in [5, 5.41) is 7.27. The molecule has 4 rings (SSSR count). The zero-order chi connectivity index (χ0) is 22.9. The average Bonchev–Trinajstić information content (AvgIpc) is 3.47. The first-order chi connectivity index (χ1) is 15.6. The van der Waals surface area contributed by atoms with Crippen molar-refractivity contribution >= 4 is 17.9 Å². The van der Waals surface area contributed by atoms with Crippen LogP contribution in [0.3, 0.4) is 0 Å². The molecule has 0 bridgehead atoms. The Morgan fingerprint density at radius 3 is 2.66 bits per heavy atom. The second-order valence-electron chi connectivity index (χ2n) is 6.97. The molecule has 10 heteroatoms. The van der Waals surface area contributed by atoms with Crippen molar-refractivity contribution in [3.63, 3.8) is 0 Å². The first-order valence-electron chi connectivity index (χ1n) is 10.6. The van der Waals surface area contributed by atoms with Crippen LogP contribution in [0.15, 0.2) is 41.1 Å². The number of hydrogen-bond acceptors (Lipinski definition) is 9. The molecule has 1 atom stereocenters. The van der Waals surface area contributed by atoms with Crippen LogP contribution in [-0.4, -0.2) is 46.5 Å². The number of carbonyl (C=O) groups is 1. The van der Waals surface area contributed by atoms with Gasteiger partial charge in [0.1, 0.15) is 24.2 Å². The maximum absolute atomic E-state index is 11.8. The first-order valence-corrected chi connectivity index (χ1v) is 10.6. The van der Waals surface area contributed by atoms with E-state index in [-0.39, 0.29) is 6.04 Å². The van der Waals surface area contributed by atoms with E-state index in [1.807, 2.05) is 31.2 Å². The smallest absolute Gasteiger partial charge is 0.415 e. The van der Waals surface area contributed by atoms with Crippen LogP contribution in [0.5, 0.6) is 5.75 Å². The van der Waals surface area contributed by atoms with Gasteiger partial charge in [-0.3, -0.25) is 4.90 Å². The Labute approximate surface area is 187 Å². The highest BCUT2D eigenvalue weighted by Gasteiger charge is 2.26. The Morgan fingerprint density at radius 2 is 1.97 bits per heavy atom. The summed E-state index contributed by atoms with van der Waals surface area (Å²) in [5.41, 5.74) is 0.741. The Morgan fingerprint density at radius 1 is 1.19 bits per heavy atom. The predicted octanol–water partition coefficient (Wildman–Crippen LogP) is 4.47. The van der Waals surface area contributed by atoms with Crippen LogP contribution in [0.2, 0.25) is 0 Å². The van der Waals surface area contributed by atoms with E-state index in [0.29, 0.717) is 48.8 Å². The molecule has 2 aromatic heterocycles. The number of nitrogens with zero attached hydrogens (tertiary/aromatic N) is 5. The quantitative estimate of drug-likeness (QED) is 0.568. The van der Waals surface area contributed by atoms with Gasteiger partial charge >= 0.3 is 6.09 Å². The van der Waals surface area contributed by atoms with Gasteiger partial charge in [-0.25, -0.2) is 9.78 Å². The third-order valence-corrected chi connectivity index (χ3v) is 4.48. The maximum atomic E-state index is 11.8. The van der Waals surface area contributed by atoms with E-state index in [9.17, 15) is 4.79 Å². The number of para-hydroxylation sites is 1. The Balaban J connectivity index is 0.000000913. The van der Waals surface area contributed by atoms with E-state index >= 15 is 0 Å². The molecule has 0 saturated carbocycles.